The summed E-state index contributed by atoms with van der Waals surface area (Å²) in [5.74, 6) is 1.01. The lowest BCUT2D eigenvalue weighted by molar-refractivity contribution is 0.0782. The highest BCUT2D eigenvalue weighted by atomic mass is 35.7. The molecule has 2 unspecified atom stereocenters. The number of amides is 1. The fourth-order valence-electron chi connectivity index (χ4n) is 1.93. The highest BCUT2D eigenvalue weighted by Gasteiger charge is 2.34. The standard InChI is InChI=1S/C11H15ClN2O3S/c1-7-3-8(7)6-14(2)11(15)10-4-9(5-13-10)18(12,16)17/h4-5,7-8,13H,3,6H2,1-2H3. The van der Waals surface area contributed by atoms with Crippen molar-refractivity contribution in [2.45, 2.75) is 18.2 Å². The molecule has 1 aromatic rings. The van der Waals surface area contributed by atoms with E-state index in [2.05, 4.69) is 11.9 Å². The second-order valence-corrected chi connectivity index (χ2v) is 7.41. The summed E-state index contributed by atoms with van der Waals surface area (Å²) in [6.45, 7) is 2.85. The van der Waals surface area contributed by atoms with Crippen molar-refractivity contribution in [3.8, 4) is 0 Å². The summed E-state index contributed by atoms with van der Waals surface area (Å²) < 4.78 is 22.2. The van der Waals surface area contributed by atoms with E-state index in [1.54, 1.807) is 11.9 Å². The molecule has 1 fully saturated rings. The predicted molar refractivity (Wildman–Crippen MR) is 68.1 cm³/mol. The quantitative estimate of drug-likeness (QED) is 0.858. The lowest BCUT2D eigenvalue weighted by atomic mass is 10.3. The monoisotopic (exact) mass is 290 g/mol. The molecule has 1 aliphatic carbocycles. The van der Waals surface area contributed by atoms with Gasteiger partial charge in [0.25, 0.3) is 15.0 Å². The number of nitrogens with one attached hydrogen (secondary N) is 1. The van der Waals surface area contributed by atoms with Crippen LogP contribution in [0, 0.1) is 11.8 Å². The normalized spacial score (nSPS) is 22.8. The molecule has 0 saturated heterocycles. The first-order chi connectivity index (χ1) is 8.29. The Hall–Kier alpha value is -1.01. The summed E-state index contributed by atoms with van der Waals surface area (Å²) in [7, 11) is 3.12. The summed E-state index contributed by atoms with van der Waals surface area (Å²) in [5.41, 5.74) is 0.241. The third-order valence-electron chi connectivity index (χ3n) is 3.30. The van der Waals surface area contributed by atoms with E-state index in [9.17, 15) is 13.2 Å². The zero-order chi connectivity index (χ0) is 13.5. The van der Waals surface area contributed by atoms with Gasteiger partial charge in [-0.1, -0.05) is 6.92 Å². The summed E-state index contributed by atoms with van der Waals surface area (Å²) in [6.07, 6.45) is 2.37. The van der Waals surface area contributed by atoms with E-state index in [0.29, 0.717) is 18.4 Å². The maximum Gasteiger partial charge on any atom is 0.270 e. The van der Waals surface area contributed by atoms with E-state index in [4.69, 9.17) is 10.7 Å². The molecule has 1 saturated carbocycles. The van der Waals surface area contributed by atoms with Crippen LogP contribution in [-0.4, -0.2) is 37.8 Å². The predicted octanol–water partition coefficient (Wildman–Crippen LogP) is 1.67. The maximum atomic E-state index is 12.0. The molecule has 1 N–H and O–H groups in total. The molecule has 1 amide bonds. The van der Waals surface area contributed by atoms with Gasteiger partial charge in [-0.2, -0.15) is 0 Å². The number of carbonyl (C=O) groups excluding carboxylic acids is 1. The molecule has 7 heteroatoms. The van der Waals surface area contributed by atoms with Crippen LogP contribution in [0.2, 0.25) is 0 Å². The Balaban J connectivity index is 2.06. The number of H-pyrrole nitrogens is 1. The lowest BCUT2D eigenvalue weighted by Crippen LogP contribution is -2.29. The zero-order valence-corrected chi connectivity index (χ0v) is 11.8. The molecule has 0 aromatic carbocycles. The Morgan fingerprint density at radius 3 is 2.67 bits per heavy atom. The molecule has 5 nitrogen and oxygen atoms in total. The van der Waals surface area contributed by atoms with Gasteiger partial charge in [-0.3, -0.25) is 4.79 Å². The third-order valence-corrected chi connectivity index (χ3v) is 4.63. The van der Waals surface area contributed by atoms with Crippen LogP contribution in [0.4, 0.5) is 0 Å². The van der Waals surface area contributed by atoms with Gasteiger partial charge in [0.05, 0.1) is 0 Å². The maximum absolute atomic E-state index is 12.0. The number of carbonyl (C=O) groups is 1. The Morgan fingerprint density at radius 2 is 2.22 bits per heavy atom. The molecule has 0 spiro atoms. The smallest absolute Gasteiger partial charge is 0.270 e. The van der Waals surface area contributed by atoms with Gasteiger partial charge in [-0.05, 0) is 24.3 Å². The van der Waals surface area contributed by atoms with Gasteiger partial charge < -0.3 is 9.88 Å². The number of hydrogen-bond acceptors (Lipinski definition) is 3. The van der Waals surface area contributed by atoms with E-state index >= 15 is 0 Å². The molecule has 2 atom stereocenters. The second kappa shape index (κ2) is 4.59. The van der Waals surface area contributed by atoms with Crippen molar-refractivity contribution in [3.05, 3.63) is 18.0 Å². The van der Waals surface area contributed by atoms with Crippen LogP contribution in [0.3, 0.4) is 0 Å². The molecule has 1 heterocycles. The SMILES string of the molecule is CC1CC1CN(C)C(=O)c1cc(S(=O)(=O)Cl)c[nH]1. The highest BCUT2D eigenvalue weighted by molar-refractivity contribution is 8.13. The summed E-state index contributed by atoms with van der Waals surface area (Å²) in [4.78, 5) is 16.2. The van der Waals surface area contributed by atoms with Crippen molar-refractivity contribution >= 4 is 25.6 Å². The van der Waals surface area contributed by atoms with E-state index in [1.165, 1.54) is 12.3 Å². The van der Waals surface area contributed by atoms with Crippen molar-refractivity contribution in [2.24, 2.45) is 11.8 Å². The average molecular weight is 291 g/mol. The summed E-state index contributed by atoms with van der Waals surface area (Å²) in [6, 6.07) is 1.26. The fraction of sp³-hybridized carbons (Fsp3) is 0.545. The van der Waals surface area contributed by atoms with Crippen LogP contribution < -0.4 is 0 Å². The van der Waals surface area contributed by atoms with Crippen LogP contribution in [-0.2, 0) is 9.05 Å². The number of aromatic amines is 1. The topological polar surface area (TPSA) is 70.2 Å². The Labute approximate surface area is 111 Å². The summed E-state index contributed by atoms with van der Waals surface area (Å²) >= 11 is 0. The highest BCUT2D eigenvalue weighted by Crippen LogP contribution is 2.38. The number of hydrogen-bond donors (Lipinski definition) is 1. The Kier molecular flexibility index (Phi) is 3.42. The van der Waals surface area contributed by atoms with Gasteiger partial charge in [0.2, 0.25) is 0 Å². The molecule has 1 aromatic heterocycles. The first-order valence-corrected chi connectivity index (χ1v) is 7.98. The summed E-state index contributed by atoms with van der Waals surface area (Å²) in [5, 5.41) is 0. The second-order valence-electron chi connectivity index (χ2n) is 4.85. The molecule has 100 valence electrons. The minimum atomic E-state index is -3.79. The number of nitrogens with zero attached hydrogens (tertiary/aromatic N) is 1. The Bertz CT molecular complexity index is 567. The molecule has 0 bridgehead atoms. The average Bonchev–Trinajstić information content (AvgIpc) is 2.81. The van der Waals surface area contributed by atoms with Gasteiger partial charge >= 0.3 is 0 Å². The van der Waals surface area contributed by atoms with Gasteiger partial charge in [-0.25, -0.2) is 8.42 Å². The van der Waals surface area contributed by atoms with E-state index < -0.39 is 9.05 Å². The van der Waals surface area contributed by atoms with Crippen molar-refractivity contribution < 1.29 is 13.2 Å². The molecular formula is C11H15ClN2O3S. The van der Waals surface area contributed by atoms with Crippen LogP contribution >= 0.6 is 10.7 Å². The number of aromatic nitrogens is 1. The largest absolute Gasteiger partial charge is 0.356 e. The van der Waals surface area contributed by atoms with Crippen molar-refractivity contribution in [2.75, 3.05) is 13.6 Å². The van der Waals surface area contributed by atoms with Gasteiger partial charge in [0.1, 0.15) is 10.6 Å². The molecule has 0 aliphatic heterocycles. The third kappa shape index (κ3) is 2.87. The van der Waals surface area contributed by atoms with Gasteiger partial charge in [0, 0.05) is 30.5 Å². The lowest BCUT2D eigenvalue weighted by Gasteiger charge is -2.15. The van der Waals surface area contributed by atoms with E-state index in [0.717, 1.165) is 6.42 Å². The minimum Gasteiger partial charge on any atom is -0.356 e. The first-order valence-electron chi connectivity index (χ1n) is 5.67. The van der Waals surface area contributed by atoms with Crippen LogP contribution in [0.1, 0.15) is 23.8 Å². The minimum absolute atomic E-state index is 0.0827. The van der Waals surface area contributed by atoms with Crippen molar-refractivity contribution in [1.82, 2.24) is 9.88 Å². The van der Waals surface area contributed by atoms with E-state index in [-0.39, 0.29) is 16.5 Å². The molecule has 18 heavy (non-hydrogen) atoms. The first kappa shape index (κ1) is 13.4. The van der Waals surface area contributed by atoms with Gasteiger partial charge in [-0.15, -0.1) is 0 Å². The fourth-order valence-corrected chi connectivity index (χ4v) is 2.66. The Morgan fingerprint density at radius 1 is 1.61 bits per heavy atom. The molecular weight excluding hydrogens is 276 g/mol. The molecule has 1 aliphatic rings. The van der Waals surface area contributed by atoms with Crippen LogP contribution in [0.15, 0.2) is 17.2 Å². The molecule has 0 radical (unpaired) electrons. The van der Waals surface area contributed by atoms with E-state index in [1.807, 2.05) is 0 Å². The van der Waals surface area contributed by atoms with Crippen LogP contribution in [0.5, 0.6) is 0 Å². The van der Waals surface area contributed by atoms with Crippen molar-refractivity contribution in [1.29, 1.82) is 0 Å². The number of rotatable bonds is 4. The van der Waals surface area contributed by atoms with Crippen molar-refractivity contribution in [3.63, 3.8) is 0 Å². The number of halogens is 1. The zero-order valence-electron chi connectivity index (χ0n) is 10.2. The van der Waals surface area contributed by atoms with Gasteiger partial charge in [0.15, 0.2) is 0 Å². The molecule has 2 rings (SSSR count). The van der Waals surface area contributed by atoms with Crippen LogP contribution in [0.25, 0.3) is 0 Å².